The van der Waals surface area contributed by atoms with Gasteiger partial charge in [0.2, 0.25) is 0 Å². The van der Waals surface area contributed by atoms with Crippen molar-refractivity contribution >= 4 is 23.4 Å². The Balaban J connectivity index is 2.61. The second-order valence-corrected chi connectivity index (χ2v) is 3.81. The van der Waals surface area contributed by atoms with Gasteiger partial charge in [-0.1, -0.05) is 0 Å². The van der Waals surface area contributed by atoms with E-state index in [9.17, 15) is 19.7 Å². The number of carbonyl (C=O) groups excluding carboxylic acids is 1. The van der Waals surface area contributed by atoms with E-state index in [4.69, 9.17) is 10.2 Å². The molecule has 9 heteroatoms. The molecule has 9 nitrogen and oxygen atoms in total. The van der Waals surface area contributed by atoms with Crippen LogP contribution in [0.5, 0.6) is 0 Å². The zero-order valence-corrected chi connectivity index (χ0v) is 10.3. The fraction of sp³-hybridized carbons (Fsp3) is 0.273. The van der Waals surface area contributed by atoms with E-state index in [0.717, 1.165) is 0 Å². The molecule has 1 aromatic rings. The molecule has 0 unspecified atom stereocenters. The third-order valence-electron chi connectivity index (χ3n) is 2.36. The van der Waals surface area contributed by atoms with E-state index >= 15 is 0 Å². The van der Waals surface area contributed by atoms with E-state index < -0.39 is 23.0 Å². The van der Waals surface area contributed by atoms with E-state index in [1.54, 1.807) is 0 Å². The molecular weight excluding hydrogens is 270 g/mol. The first kappa shape index (κ1) is 15.4. The summed E-state index contributed by atoms with van der Waals surface area (Å²) in [5.41, 5.74) is 0.154. The van der Waals surface area contributed by atoms with Crippen molar-refractivity contribution in [2.45, 2.75) is 12.5 Å². The zero-order chi connectivity index (χ0) is 15.1. The van der Waals surface area contributed by atoms with Crippen LogP contribution in [0.25, 0.3) is 0 Å². The molecule has 0 aromatic heterocycles. The summed E-state index contributed by atoms with van der Waals surface area (Å²) in [7, 11) is 0. The molecule has 2 amide bonds. The predicted molar refractivity (Wildman–Crippen MR) is 68.4 cm³/mol. The Morgan fingerprint density at radius 3 is 2.35 bits per heavy atom. The molecule has 1 rings (SSSR count). The lowest BCUT2D eigenvalue weighted by Gasteiger charge is -2.13. The van der Waals surface area contributed by atoms with Gasteiger partial charge in [-0.2, -0.15) is 0 Å². The number of aliphatic hydroxyl groups excluding tert-OH is 1. The predicted octanol–water partition coefficient (Wildman–Crippen LogP) is 0.552. The van der Waals surface area contributed by atoms with Gasteiger partial charge in [0.1, 0.15) is 6.04 Å². The Morgan fingerprint density at radius 1 is 1.30 bits per heavy atom. The summed E-state index contributed by atoms with van der Waals surface area (Å²) in [5.74, 6) is -1.27. The summed E-state index contributed by atoms with van der Waals surface area (Å²) in [6, 6.07) is 3.06. The van der Waals surface area contributed by atoms with Gasteiger partial charge in [-0.3, -0.25) is 10.1 Å². The van der Waals surface area contributed by atoms with Crippen molar-refractivity contribution in [2.75, 3.05) is 11.9 Å². The summed E-state index contributed by atoms with van der Waals surface area (Å²) in [5, 5.41) is 32.4. The van der Waals surface area contributed by atoms with E-state index in [0.29, 0.717) is 0 Å². The number of carbonyl (C=O) groups is 2. The highest BCUT2D eigenvalue weighted by atomic mass is 16.6. The molecule has 0 radical (unpaired) electrons. The number of nitro groups is 1. The highest BCUT2D eigenvalue weighted by Gasteiger charge is 2.19. The number of hydrogen-bond acceptors (Lipinski definition) is 5. The third-order valence-corrected chi connectivity index (χ3v) is 2.36. The fourth-order valence-corrected chi connectivity index (χ4v) is 1.38. The number of benzene rings is 1. The largest absolute Gasteiger partial charge is 0.480 e. The second-order valence-electron chi connectivity index (χ2n) is 3.81. The van der Waals surface area contributed by atoms with Gasteiger partial charge in [0.15, 0.2) is 0 Å². The number of urea groups is 1. The maximum atomic E-state index is 11.5. The Bertz CT molecular complexity index is 501. The Kier molecular flexibility index (Phi) is 5.42. The topological polar surface area (TPSA) is 142 Å². The minimum absolute atomic E-state index is 0.122. The number of nitrogens with one attached hydrogen (secondary N) is 2. The van der Waals surface area contributed by atoms with Crippen LogP contribution in [0.15, 0.2) is 24.3 Å². The summed E-state index contributed by atoms with van der Waals surface area (Å²) < 4.78 is 0. The molecule has 0 saturated carbocycles. The summed E-state index contributed by atoms with van der Waals surface area (Å²) >= 11 is 0. The molecule has 0 heterocycles. The smallest absolute Gasteiger partial charge is 0.326 e. The Labute approximate surface area is 113 Å². The first-order valence-corrected chi connectivity index (χ1v) is 5.59. The van der Waals surface area contributed by atoms with Gasteiger partial charge in [0, 0.05) is 30.8 Å². The molecule has 0 saturated heterocycles. The van der Waals surface area contributed by atoms with Gasteiger partial charge in [0.25, 0.3) is 5.69 Å². The molecule has 0 bridgehead atoms. The molecule has 0 aliphatic heterocycles. The number of amides is 2. The third kappa shape index (κ3) is 4.53. The van der Waals surface area contributed by atoms with Gasteiger partial charge in [0.05, 0.1) is 4.92 Å². The van der Waals surface area contributed by atoms with Crippen molar-refractivity contribution in [3.63, 3.8) is 0 Å². The minimum atomic E-state index is -1.27. The maximum Gasteiger partial charge on any atom is 0.326 e. The molecular formula is C11H13N3O6. The molecule has 0 spiro atoms. The van der Waals surface area contributed by atoms with Crippen LogP contribution in [0.4, 0.5) is 16.2 Å². The van der Waals surface area contributed by atoms with Crippen LogP contribution in [0, 0.1) is 10.1 Å². The highest BCUT2D eigenvalue weighted by molar-refractivity contribution is 5.92. The molecule has 0 aliphatic rings. The summed E-state index contributed by atoms with van der Waals surface area (Å²) in [4.78, 5) is 32.2. The highest BCUT2D eigenvalue weighted by Crippen LogP contribution is 2.15. The van der Waals surface area contributed by atoms with Crippen molar-refractivity contribution in [2.24, 2.45) is 0 Å². The lowest BCUT2D eigenvalue weighted by atomic mass is 10.2. The van der Waals surface area contributed by atoms with Crippen LogP contribution in [0.2, 0.25) is 0 Å². The standard InChI is InChI=1S/C11H13N3O6/c15-6-5-9(10(16)17)13-11(18)12-7-1-3-8(4-2-7)14(19)20/h1-4,9,15H,5-6H2,(H,16,17)(H2,12,13,18)/t9-/m0/s1. The van der Waals surface area contributed by atoms with Crippen molar-refractivity contribution in [1.29, 1.82) is 0 Å². The number of carboxylic acids is 1. The lowest BCUT2D eigenvalue weighted by Crippen LogP contribution is -2.43. The van der Waals surface area contributed by atoms with Crippen molar-refractivity contribution < 1.29 is 24.7 Å². The van der Waals surface area contributed by atoms with E-state index in [-0.39, 0.29) is 24.4 Å². The normalized spacial score (nSPS) is 11.4. The van der Waals surface area contributed by atoms with Gasteiger partial charge in [-0.05, 0) is 12.1 Å². The SMILES string of the molecule is O=C(Nc1ccc([N+](=O)[O-])cc1)N[C@@H](CCO)C(=O)O. The number of anilines is 1. The monoisotopic (exact) mass is 283 g/mol. The number of aliphatic hydroxyl groups is 1. The molecule has 1 atom stereocenters. The van der Waals surface area contributed by atoms with Crippen LogP contribution < -0.4 is 10.6 Å². The van der Waals surface area contributed by atoms with Crippen LogP contribution >= 0.6 is 0 Å². The van der Waals surface area contributed by atoms with E-state index in [1.807, 2.05) is 0 Å². The first-order valence-electron chi connectivity index (χ1n) is 5.59. The number of nitro benzene ring substituents is 1. The number of non-ortho nitro benzene ring substituents is 1. The van der Waals surface area contributed by atoms with E-state index in [1.165, 1.54) is 24.3 Å². The lowest BCUT2D eigenvalue weighted by molar-refractivity contribution is -0.384. The fourth-order valence-electron chi connectivity index (χ4n) is 1.38. The van der Waals surface area contributed by atoms with Crippen LogP contribution in [0.3, 0.4) is 0 Å². The van der Waals surface area contributed by atoms with Crippen LogP contribution in [-0.2, 0) is 4.79 Å². The number of hydrogen-bond donors (Lipinski definition) is 4. The molecule has 4 N–H and O–H groups in total. The summed E-state index contributed by atoms with van der Waals surface area (Å²) in [6.07, 6.45) is -0.122. The number of rotatable bonds is 6. The summed E-state index contributed by atoms with van der Waals surface area (Å²) in [6.45, 7) is -0.380. The molecule has 0 fully saturated rings. The van der Waals surface area contributed by atoms with Crippen LogP contribution in [0.1, 0.15) is 6.42 Å². The average molecular weight is 283 g/mol. The molecule has 20 heavy (non-hydrogen) atoms. The molecule has 0 aliphatic carbocycles. The van der Waals surface area contributed by atoms with Gasteiger partial charge >= 0.3 is 12.0 Å². The zero-order valence-electron chi connectivity index (χ0n) is 10.3. The van der Waals surface area contributed by atoms with Gasteiger partial charge in [-0.25, -0.2) is 9.59 Å². The van der Waals surface area contributed by atoms with Gasteiger partial charge in [-0.15, -0.1) is 0 Å². The average Bonchev–Trinajstić information content (AvgIpc) is 2.38. The number of aliphatic carboxylic acids is 1. The van der Waals surface area contributed by atoms with Crippen molar-refractivity contribution in [3.05, 3.63) is 34.4 Å². The van der Waals surface area contributed by atoms with Crippen molar-refractivity contribution in [1.82, 2.24) is 5.32 Å². The Hall–Kier alpha value is -2.68. The molecule has 1 aromatic carbocycles. The van der Waals surface area contributed by atoms with Crippen molar-refractivity contribution in [3.8, 4) is 0 Å². The maximum absolute atomic E-state index is 11.5. The minimum Gasteiger partial charge on any atom is -0.480 e. The second kappa shape index (κ2) is 7.04. The van der Waals surface area contributed by atoms with Crippen LogP contribution in [-0.4, -0.2) is 39.8 Å². The van der Waals surface area contributed by atoms with Gasteiger partial charge < -0.3 is 20.8 Å². The van der Waals surface area contributed by atoms with E-state index in [2.05, 4.69) is 10.6 Å². The molecule has 108 valence electrons. The number of nitrogens with zero attached hydrogens (tertiary/aromatic N) is 1. The number of carboxylic acid groups (broad SMARTS) is 1. The first-order chi connectivity index (χ1) is 9.43. The quantitative estimate of drug-likeness (QED) is 0.443. The Morgan fingerprint density at radius 2 is 1.90 bits per heavy atom.